The summed E-state index contributed by atoms with van der Waals surface area (Å²) in [4.78, 5) is 0. The molecule has 0 aromatic carbocycles. The monoisotopic (exact) mass is 647 g/mol. The molecule has 8 nitrogen and oxygen atoms in total. The Kier molecular flexibility index (Phi) is 18.0. The molecule has 4 saturated heterocycles. The predicted molar refractivity (Wildman–Crippen MR) is 182 cm³/mol. The number of rotatable bonds is 4. The molecule has 0 aromatic rings. The molecule has 8 unspecified atom stereocenters. The van der Waals surface area contributed by atoms with Gasteiger partial charge in [-0.2, -0.15) is 0 Å². The Hall–Kier alpha value is -0.320. The fraction of sp³-hybridized carbons (Fsp3) is 1.00. The number of aliphatic hydroxyl groups excluding tert-OH is 4. The highest BCUT2D eigenvalue weighted by Crippen LogP contribution is 2.44. The van der Waals surface area contributed by atoms with Crippen molar-refractivity contribution < 1.29 is 39.4 Å². The van der Waals surface area contributed by atoms with Gasteiger partial charge in [0.15, 0.2) is 0 Å². The molecule has 0 bridgehead atoms. The van der Waals surface area contributed by atoms with Crippen molar-refractivity contribution in [1.82, 2.24) is 0 Å². The Morgan fingerprint density at radius 2 is 1.02 bits per heavy atom. The van der Waals surface area contributed by atoms with E-state index in [4.69, 9.17) is 18.9 Å². The molecule has 270 valence electrons. The highest BCUT2D eigenvalue weighted by Gasteiger charge is 2.48. The normalized spacial score (nSPS) is 36.3. The van der Waals surface area contributed by atoms with Gasteiger partial charge in [0.25, 0.3) is 0 Å². The maximum atomic E-state index is 10.2. The molecule has 8 atom stereocenters. The molecule has 0 aromatic heterocycles. The van der Waals surface area contributed by atoms with Crippen LogP contribution in [-0.2, 0) is 18.9 Å². The van der Waals surface area contributed by atoms with Gasteiger partial charge in [0.1, 0.15) is 0 Å². The van der Waals surface area contributed by atoms with Crippen LogP contribution >= 0.6 is 0 Å². The largest absolute Gasteiger partial charge is 0.393 e. The van der Waals surface area contributed by atoms with E-state index in [1.807, 2.05) is 27.7 Å². The van der Waals surface area contributed by atoms with Crippen molar-refractivity contribution in [3.63, 3.8) is 0 Å². The van der Waals surface area contributed by atoms with Crippen LogP contribution in [0.2, 0.25) is 0 Å². The molecule has 4 fully saturated rings. The molecule has 0 saturated carbocycles. The third-order valence-corrected chi connectivity index (χ3v) is 11.1. The number of aliphatic hydroxyl groups is 4. The van der Waals surface area contributed by atoms with Crippen LogP contribution < -0.4 is 0 Å². The van der Waals surface area contributed by atoms with E-state index in [1.54, 1.807) is 0 Å². The Bertz CT molecular complexity index is 771. The van der Waals surface area contributed by atoms with Crippen LogP contribution in [0.5, 0.6) is 0 Å². The SMILES string of the molecule is CC(C)C1(C)CCOC(C)(C)C1O.CC(C)C1CCOC(C)(C)C1O.CC(C)C1CCOCC1O.CC(C)C1COCCC1O. The molecule has 4 N–H and O–H groups in total. The molecular formula is C37H74O8. The van der Waals surface area contributed by atoms with Crippen molar-refractivity contribution in [2.75, 3.05) is 39.6 Å². The van der Waals surface area contributed by atoms with Gasteiger partial charge in [-0.3, -0.25) is 0 Å². The number of hydrogen-bond acceptors (Lipinski definition) is 8. The van der Waals surface area contributed by atoms with Gasteiger partial charge in [-0.1, -0.05) is 62.3 Å². The molecule has 0 amide bonds. The summed E-state index contributed by atoms with van der Waals surface area (Å²) in [5.74, 6) is 3.36. The highest BCUT2D eigenvalue weighted by atomic mass is 16.5. The van der Waals surface area contributed by atoms with E-state index in [-0.39, 0.29) is 35.4 Å². The zero-order valence-electron chi connectivity index (χ0n) is 31.3. The van der Waals surface area contributed by atoms with Crippen molar-refractivity contribution in [2.45, 2.75) is 151 Å². The standard InChI is InChI=1S/C11H22O2.C10H20O2.2C8H16O2/c1-8(2)11(5)6-7-13-10(3,4)9(11)12;1-7(2)8-5-6-12-10(3,4)9(8)11;1-6(2)7-5-10-4-3-8(7)9;1-6(2)7-3-4-10-5-8(7)9/h8-9,12H,6-7H2,1-5H3;7-9,11H,5-6H2,1-4H3;2*6-9H,3-5H2,1-2H3. The quantitative estimate of drug-likeness (QED) is 0.289. The first-order valence-electron chi connectivity index (χ1n) is 17.8. The minimum atomic E-state index is -0.392. The van der Waals surface area contributed by atoms with Crippen molar-refractivity contribution in [1.29, 1.82) is 0 Å². The lowest BCUT2D eigenvalue weighted by Crippen LogP contribution is -2.55. The second kappa shape index (κ2) is 19.0. The van der Waals surface area contributed by atoms with Gasteiger partial charge in [-0.25, -0.2) is 0 Å². The summed E-state index contributed by atoms with van der Waals surface area (Å²) < 4.78 is 21.4. The molecule has 0 aliphatic carbocycles. The summed E-state index contributed by atoms with van der Waals surface area (Å²) in [5, 5.41) is 39.0. The lowest BCUT2D eigenvalue weighted by Gasteiger charge is -2.49. The van der Waals surface area contributed by atoms with Crippen molar-refractivity contribution in [3.8, 4) is 0 Å². The van der Waals surface area contributed by atoms with Gasteiger partial charge in [-0.05, 0) is 88.9 Å². The Balaban J connectivity index is 0.000000302. The van der Waals surface area contributed by atoms with Crippen LogP contribution in [0.15, 0.2) is 0 Å². The van der Waals surface area contributed by atoms with Gasteiger partial charge >= 0.3 is 0 Å². The first-order valence-corrected chi connectivity index (χ1v) is 17.8. The summed E-state index contributed by atoms with van der Waals surface area (Å²) in [6, 6.07) is 0. The van der Waals surface area contributed by atoms with Crippen LogP contribution in [0.25, 0.3) is 0 Å². The lowest BCUT2D eigenvalue weighted by atomic mass is 9.66. The van der Waals surface area contributed by atoms with Gasteiger partial charge in [0.2, 0.25) is 0 Å². The van der Waals surface area contributed by atoms with Crippen molar-refractivity contribution in [2.24, 2.45) is 46.8 Å². The number of ether oxygens (including phenoxy) is 4. The molecule has 4 rings (SSSR count). The maximum absolute atomic E-state index is 10.2. The van der Waals surface area contributed by atoms with E-state index in [0.717, 1.165) is 58.7 Å². The number of hydrogen-bond donors (Lipinski definition) is 4. The Labute approximate surface area is 277 Å². The van der Waals surface area contributed by atoms with E-state index in [1.165, 1.54) is 0 Å². The van der Waals surface area contributed by atoms with Crippen molar-refractivity contribution in [3.05, 3.63) is 0 Å². The van der Waals surface area contributed by atoms with Gasteiger partial charge in [0, 0.05) is 37.8 Å². The van der Waals surface area contributed by atoms with Crippen LogP contribution in [0.4, 0.5) is 0 Å². The minimum absolute atomic E-state index is 0.00174. The molecular weight excluding hydrogens is 572 g/mol. The van der Waals surface area contributed by atoms with E-state index >= 15 is 0 Å². The summed E-state index contributed by atoms with van der Waals surface area (Å²) in [5.41, 5.74) is -0.744. The van der Waals surface area contributed by atoms with Crippen molar-refractivity contribution >= 4 is 0 Å². The fourth-order valence-corrected chi connectivity index (χ4v) is 6.97. The summed E-state index contributed by atoms with van der Waals surface area (Å²) in [7, 11) is 0. The first-order chi connectivity index (χ1) is 20.7. The molecule has 4 aliphatic rings. The highest BCUT2D eigenvalue weighted by molar-refractivity contribution is 4.97. The lowest BCUT2D eigenvalue weighted by molar-refractivity contribution is -0.201. The molecule has 4 heterocycles. The second-order valence-electron chi connectivity index (χ2n) is 16.5. The fourth-order valence-electron chi connectivity index (χ4n) is 6.97. The van der Waals surface area contributed by atoms with Gasteiger partial charge in [0.05, 0.1) is 48.8 Å². The smallest absolute Gasteiger partial charge is 0.0889 e. The molecule has 0 spiro atoms. The second-order valence-corrected chi connectivity index (χ2v) is 16.5. The minimum Gasteiger partial charge on any atom is -0.393 e. The van der Waals surface area contributed by atoms with Crippen LogP contribution in [-0.4, -0.2) is 95.7 Å². The molecule has 8 heteroatoms. The van der Waals surface area contributed by atoms with E-state index < -0.39 is 5.60 Å². The summed E-state index contributed by atoms with van der Waals surface area (Å²) >= 11 is 0. The zero-order valence-corrected chi connectivity index (χ0v) is 31.3. The van der Waals surface area contributed by atoms with E-state index in [2.05, 4.69) is 62.3 Å². The summed E-state index contributed by atoms with van der Waals surface area (Å²) in [6.07, 6.45) is 2.72. The Morgan fingerprint density at radius 3 is 1.42 bits per heavy atom. The van der Waals surface area contributed by atoms with Crippen LogP contribution in [0.1, 0.15) is 116 Å². The van der Waals surface area contributed by atoms with Gasteiger partial charge in [-0.15, -0.1) is 0 Å². The molecule has 45 heavy (non-hydrogen) atoms. The third kappa shape index (κ3) is 12.9. The zero-order chi connectivity index (χ0) is 34.8. The van der Waals surface area contributed by atoms with E-state index in [9.17, 15) is 20.4 Å². The molecule has 4 aliphatic heterocycles. The predicted octanol–water partition coefficient (Wildman–Crippen LogP) is 6.11. The van der Waals surface area contributed by atoms with Crippen LogP contribution in [0, 0.1) is 46.8 Å². The topological polar surface area (TPSA) is 118 Å². The maximum Gasteiger partial charge on any atom is 0.0889 e. The molecule has 0 radical (unpaired) electrons. The van der Waals surface area contributed by atoms with E-state index in [0.29, 0.717) is 48.0 Å². The van der Waals surface area contributed by atoms with Gasteiger partial charge < -0.3 is 39.4 Å². The average Bonchev–Trinajstić information content (AvgIpc) is 2.94. The average molecular weight is 647 g/mol. The first kappa shape index (κ1) is 42.7. The van der Waals surface area contributed by atoms with Crippen LogP contribution in [0.3, 0.4) is 0 Å². The Morgan fingerprint density at radius 1 is 0.533 bits per heavy atom. The summed E-state index contributed by atoms with van der Waals surface area (Å²) in [6.45, 7) is 31.6. The third-order valence-electron chi connectivity index (χ3n) is 11.1.